The minimum atomic E-state index is -0.886. The van der Waals surface area contributed by atoms with Crippen LogP contribution in [0.3, 0.4) is 0 Å². The van der Waals surface area contributed by atoms with Gasteiger partial charge in [-0.2, -0.15) is 0 Å². The Morgan fingerprint density at radius 3 is 2.15 bits per heavy atom. The van der Waals surface area contributed by atoms with E-state index in [2.05, 4.69) is 50.1 Å². The molecule has 0 aliphatic carbocycles. The topological polar surface area (TPSA) is 153 Å². The number of amides is 4. The van der Waals surface area contributed by atoms with Gasteiger partial charge in [-0.3, -0.25) is 4.79 Å². The highest BCUT2D eigenvalue weighted by Crippen LogP contribution is 2.21. The number of thioether (sulfide) groups is 1. The smallest absolute Gasteiger partial charge is 0.407 e. The van der Waals surface area contributed by atoms with Gasteiger partial charge < -0.3 is 35.9 Å². The predicted molar refractivity (Wildman–Crippen MR) is 206 cm³/mol. The number of rotatable bonds is 18. The molecule has 0 bridgehead atoms. The van der Waals surface area contributed by atoms with E-state index in [1.165, 1.54) is 4.90 Å². The number of aromatic nitrogens is 3. The van der Waals surface area contributed by atoms with Crippen LogP contribution in [0.2, 0.25) is 0 Å². The largest absolute Gasteiger partial charge is 0.444 e. The number of carbonyl (C=O) groups is 3. The molecule has 1 aliphatic heterocycles. The lowest BCUT2D eigenvalue weighted by Gasteiger charge is -2.27. The van der Waals surface area contributed by atoms with Crippen molar-refractivity contribution in [2.45, 2.75) is 76.5 Å². The predicted octanol–water partition coefficient (Wildman–Crippen LogP) is 5.72. The van der Waals surface area contributed by atoms with Crippen molar-refractivity contribution in [3.63, 3.8) is 0 Å². The highest BCUT2D eigenvalue weighted by molar-refractivity contribution is 8.03. The molecule has 2 aromatic carbocycles. The first kappa shape index (κ1) is 38.4. The highest BCUT2D eigenvalue weighted by atomic mass is 32.2. The number of carbonyl (C=O) groups excluding carboxylic acids is 3. The first-order chi connectivity index (χ1) is 25.2. The van der Waals surface area contributed by atoms with Crippen LogP contribution in [-0.2, 0) is 35.3 Å². The summed E-state index contributed by atoms with van der Waals surface area (Å²) in [5.41, 5.74) is 3.60. The summed E-state index contributed by atoms with van der Waals surface area (Å²) in [6, 6.07) is 18.1. The van der Waals surface area contributed by atoms with Crippen LogP contribution in [0.1, 0.15) is 60.1 Å². The first-order valence-corrected chi connectivity index (χ1v) is 19.4. The number of hydrogen-bond acceptors (Lipinski definition) is 9. The molecule has 3 heterocycles. The van der Waals surface area contributed by atoms with E-state index in [-0.39, 0.29) is 37.0 Å². The molecule has 3 atom stereocenters. The molecule has 0 saturated heterocycles. The van der Waals surface area contributed by atoms with Gasteiger partial charge in [-0.15, -0.1) is 23.1 Å². The van der Waals surface area contributed by atoms with Crippen molar-refractivity contribution in [2.24, 2.45) is 0 Å². The molecule has 0 spiro atoms. The van der Waals surface area contributed by atoms with Crippen LogP contribution < -0.4 is 21.3 Å². The summed E-state index contributed by atoms with van der Waals surface area (Å²) in [5.74, 6) is 0.753. The van der Waals surface area contributed by atoms with Crippen LogP contribution in [0.25, 0.3) is 0 Å². The normalized spacial score (nSPS) is 14.1. The molecule has 3 unspecified atom stereocenters. The van der Waals surface area contributed by atoms with Crippen molar-refractivity contribution < 1.29 is 19.1 Å². The Kier molecular flexibility index (Phi) is 14.5. The molecule has 14 heteroatoms. The number of nitrogens with zero attached hydrogens (tertiary/aromatic N) is 3. The standard InChI is InChI=1S/C38H48N8O4S2/c1-26(2)36-43-32(23-51-36)21-46(3)37(48)45-34(18-31-19-39-24-41-31)35(47)42-29(16-27-10-6-4-7-11-27)14-15-30(17-28-12-8-5-9-13-28)44-38(49)50-22-33-20-40-25-52-33/h4-13,19-20,23-24,26,29-30,34,40H,14-18,21-22,25H2,1-3H3,(H,39,41)(H,42,47)(H,44,49)(H,45,48). The Hall–Kier alpha value is -4.82. The van der Waals surface area contributed by atoms with Crippen molar-refractivity contribution in [1.29, 1.82) is 0 Å². The molecule has 5 rings (SSSR count). The Balaban J connectivity index is 1.28. The quantitative estimate of drug-likeness (QED) is 0.0868. The lowest BCUT2D eigenvalue weighted by atomic mass is 9.95. The van der Waals surface area contributed by atoms with E-state index in [0.717, 1.165) is 32.6 Å². The number of urea groups is 1. The maximum absolute atomic E-state index is 14.1. The average molecular weight is 745 g/mol. The van der Waals surface area contributed by atoms with Crippen molar-refractivity contribution in [3.05, 3.63) is 117 Å². The summed E-state index contributed by atoms with van der Waals surface area (Å²) in [4.78, 5) is 54.9. The molecule has 52 heavy (non-hydrogen) atoms. The molecule has 0 saturated carbocycles. The monoisotopic (exact) mass is 744 g/mol. The van der Waals surface area contributed by atoms with Gasteiger partial charge in [0.25, 0.3) is 0 Å². The van der Waals surface area contributed by atoms with Gasteiger partial charge in [0.2, 0.25) is 5.91 Å². The maximum Gasteiger partial charge on any atom is 0.407 e. The summed E-state index contributed by atoms with van der Waals surface area (Å²) < 4.78 is 5.54. The van der Waals surface area contributed by atoms with Crippen LogP contribution in [0.5, 0.6) is 0 Å². The van der Waals surface area contributed by atoms with Crippen molar-refractivity contribution in [3.8, 4) is 0 Å². The third kappa shape index (κ3) is 12.4. The van der Waals surface area contributed by atoms with Gasteiger partial charge >= 0.3 is 12.1 Å². The molecule has 12 nitrogen and oxygen atoms in total. The number of aromatic amines is 1. The number of alkyl carbamates (subject to hydrolysis) is 1. The maximum atomic E-state index is 14.1. The summed E-state index contributed by atoms with van der Waals surface area (Å²) in [6.07, 6.45) is 7.16. The summed E-state index contributed by atoms with van der Waals surface area (Å²) in [5, 5.41) is 15.3. The lowest BCUT2D eigenvalue weighted by molar-refractivity contribution is -0.123. The van der Waals surface area contributed by atoms with Crippen LogP contribution >= 0.6 is 23.1 Å². The number of H-pyrrole nitrogens is 1. The third-order valence-corrected chi connectivity index (χ3v) is 10.6. The van der Waals surface area contributed by atoms with E-state index in [1.54, 1.807) is 42.7 Å². The molecule has 5 N–H and O–H groups in total. The van der Waals surface area contributed by atoms with Crippen LogP contribution in [0.15, 0.2) is 89.7 Å². The fourth-order valence-corrected chi connectivity index (χ4v) is 7.25. The Morgan fingerprint density at radius 2 is 1.58 bits per heavy atom. The zero-order chi connectivity index (χ0) is 36.7. The van der Waals surface area contributed by atoms with Gasteiger partial charge in [-0.1, -0.05) is 74.5 Å². The van der Waals surface area contributed by atoms with E-state index < -0.39 is 12.1 Å². The molecule has 4 aromatic rings. The number of thiazole rings is 1. The number of ether oxygens (including phenoxy) is 1. The zero-order valence-corrected chi connectivity index (χ0v) is 31.5. The Labute approximate surface area is 313 Å². The van der Waals surface area contributed by atoms with E-state index in [9.17, 15) is 14.4 Å². The van der Waals surface area contributed by atoms with Gasteiger partial charge in [-0.25, -0.2) is 19.6 Å². The van der Waals surface area contributed by atoms with E-state index in [4.69, 9.17) is 4.74 Å². The minimum absolute atomic E-state index is 0.204. The van der Waals surface area contributed by atoms with Crippen molar-refractivity contribution in [2.75, 3.05) is 19.5 Å². The Bertz CT molecular complexity index is 1730. The zero-order valence-electron chi connectivity index (χ0n) is 29.8. The molecular formula is C38H48N8O4S2. The van der Waals surface area contributed by atoms with Crippen molar-refractivity contribution >= 4 is 41.1 Å². The molecular weight excluding hydrogens is 697 g/mol. The van der Waals surface area contributed by atoms with Crippen LogP contribution in [-0.4, -0.2) is 75.5 Å². The Morgan fingerprint density at radius 1 is 0.904 bits per heavy atom. The summed E-state index contributed by atoms with van der Waals surface area (Å²) >= 11 is 3.18. The van der Waals surface area contributed by atoms with Crippen LogP contribution in [0, 0.1) is 0 Å². The summed E-state index contributed by atoms with van der Waals surface area (Å²) in [7, 11) is 1.69. The highest BCUT2D eigenvalue weighted by Gasteiger charge is 2.27. The second-order valence-corrected chi connectivity index (χ2v) is 15.1. The second kappa shape index (κ2) is 19.7. The van der Waals surface area contributed by atoms with Crippen molar-refractivity contribution in [1.82, 2.24) is 41.1 Å². The third-order valence-electron chi connectivity index (χ3n) is 8.52. The van der Waals surface area contributed by atoms with Crippen LogP contribution in [0.4, 0.5) is 9.59 Å². The fourth-order valence-electron chi connectivity index (χ4n) is 5.77. The molecule has 276 valence electrons. The van der Waals surface area contributed by atoms with Gasteiger partial charge in [0.05, 0.1) is 35.1 Å². The van der Waals surface area contributed by atoms with Gasteiger partial charge in [0, 0.05) is 54.2 Å². The fraction of sp³-hybridized carbons (Fsp3) is 0.395. The number of imidazole rings is 1. The molecule has 1 aliphatic rings. The summed E-state index contributed by atoms with van der Waals surface area (Å²) in [6.45, 7) is 4.69. The van der Waals surface area contributed by atoms with Gasteiger partial charge in [0.15, 0.2) is 0 Å². The minimum Gasteiger partial charge on any atom is -0.444 e. The number of benzene rings is 2. The average Bonchev–Trinajstić information content (AvgIpc) is 3.95. The van der Waals surface area contributed by atoms with Gasteiger partial charge in [0.1, 0.15) is 12.6 Å². The second-order valence-electron chi connectivity index (χ2n) is 13.1. The molecule has 2 aromatic heterocycles. The van der Waals surface area contributed by atoms with Gasteiger partial charge in [-0.05, 0) is 36.8 Å². The lowest BCUT2D eigenvalue weighted by Crippen LogP contribution is -2.53. The first-order valence-electron chi connectivity index (χ1n) is 17.5. The van der Waals surface area contributed by atoms with E-state index in [0.29, 0.717) is 43.8 Å². The number of hydrogen-bond donors (Lipinski definition) is 5. The van der Waals surface area contributed by atoms with E-state index in [1.807, 2.05) is 72.2 Å². The molecule has 0 radical (unpaired) electrons. The number of nitrogens with one attached hydrogen (secondary N) is 5. The molecule has 0 fully saturated rings. The molecule has 4 amide bonds. The van der Waals surface area contributed by atoms with E-state index >= 15 is 0 Å². The SMILES string of the molecule is CC(C)c1nc(CN(C)C(=O)NC(Cc2c[nH]cn2)C(=O)NC(CCC(Cc2ccccc2)NC(=O)OCC2=CNCS2)Cc2ccccc2)cs1.